The molecule has 0 fully saturated rings. The predicted molar refractivity (Wildman–Crippen MR) is 74.8 cm³/mol. The molecular formula is C14H12N4O3. The molecule has 7 heteroatoms. The van der Waals surface area contributed by atoms with Crippen molar-refractivity contribution in [2.24, 2.45) is 0 Å². The lowest BCUT2D eigenvalue weighted by molar-refractivity contribution is -0.138. The SMILES string of the molecule is Cc1noc2ncnc(NC(C(=O)O)c3ccccc3)c12. The summed E-state index contributed by atoms with van der Waals surface area (Å²) in [6, 6.07) is 7.96. The van der Waals surface area contributed by atoms with E-state index >= 15 is 0 Å². The molecule has 106 valence electrons. The molecule has 2 N–H and O–H groups in total. The van der Waals surface area contributed by atoms with Gasteiger partial charge in [0, 0.05) is 0 Å². The fourth-order valence-corrected chi connectivity index (χ4v) is 2.10. The van der Waals surface area contributed by atoms with Gasteiger partial charge in [0.05, 0.1) is 5.69 Å². The van der Waals surface area contributed by atoms with Gasteiger partial charge in [0.2, 0.25) is 0 Å². The maximum atomic E-state index is 11.5. The number of aliphatic carboxylic acids is 1. The van der Waals surface area contributed by atoms with Crippen LogP contribution in [0, 0.1) is 6.92 Å². The van der Waals surface area contributed by atoms with Gasteiger partial charge in [-0.25, -0.2) is 9.78 Å². The molecule has 0 spiro atoms. The lowest BCUT2D eigenvalue weighted by atomic mass is 10.1. The van der Waals surface area contributed by atoms with Gasteiger partial charge < -0.3 is 14.9 Å². The summed E-state index contributed by atoms with van der Waals surface area (Å²) in [5.74, 6) is -0.614. The number of nitrogens with zero attached hydrogens (tertiary/aromatic N) is 3. The van der Waals surface area contributed by atoms with Gasteiger partial charge in [-0.05, 0) is 12.5 Å². The summed E-state index contributed by atoms with van der Waals surface area (Å²) >= 11 is 0. The third-order valence-corrected chi connectivity index (χ3v) is 3.10. The standard InChI is InChI=1S/C14H12N4O3/c1-8-10-12(15-7-16-13(10)21-18-8)17-11(14(19)20)9-5-3-2-4-6-9/h2-7,11H,1H3,(H,19,20)(H,15,16,17). The van der Waals surface area contributed by atoms with Crippen LogP contribution in [0.5, 0.6) is 0 Å². The van der Waals surface area contributed by atoms with Crippen LogP contribution in [0.3, 0.4) is 0 Å². The number of aromatic nitrogens is 3. The lowest BCUT2D eigenvalue weighted by Gasteiger charge is -2.15. The molecule has 0 aliphatic rings. The van der Waals surface area contributed by atoms with Gasteiger partial charge in [-0.1, -0.05) is 35.5 Å². The summed E-state index contributed by atoms with van der Waals surface area (Å²) < 4.78 is 5.05. The summed E-state index contributed by atoms with van der Waals surface area (Å²) in [5.41, 5.74) is 1.55. The van der Waals surface area contributed by atoms with Gasteiger partial charge in [-0.3, -0.25) is 0 Å². The average Bonchev–Trinajstić information content (AvgIpc) is 2.88. The number of carboxylic acid groups (broad SMARTS) is 1. The normalized spacial score (nSPS) is 12.2. The fourth-order valence-electron chi connectivity index (χ4n) is 2.10. The maximum absolute atomic E-state index is 11.5. The van der Waals surface area contributed by atoms with Gasteiger partial charge in [0.15, 0.2) is 6.04 Å². The smallest absolute Gasteiger partial charge is 0.330 e. The van der Waals surface area contributed by atoms with Crippen LogP contribution in [0.25, 0.3) is 11.1 Å². The largest absolute Gasteiger partial charge is 0.479 e. The number of carbonyl (C=O) groups is 1. The van der Waals surface area contributed by atoms with E-state index in [0.29, 0.717) is 28.2 Å². The molecule has 1 atom stereocenters. The van der Waals surface area contributed by atoms with E-state index in [1.54, 1.807) is 31.2 Å². The Kier molecular flexibility index (Phi) is 3.23. The highest BCUT2D eigenvalue weighted by Gasteiger charge is 2.22. The third kappa shape index (κ3) is 2.40. The molecule has 1 unspecified atom stereocenters. The molecule has 1 aromatic carbocycles. The molecule has 0 amide bonds. The monoisotopic (exact) mass is 284 g/mol. The molecule has 7 nitrogen and oxygen atoms in total. The van der Waals surface area contributed by atoms with Crippen molar-refractivity contribution >= 4 is 22.9 Å². The van der Waals surface area contributed by atoms with Crippen LogP contribution in [-0.4, -0.2) is 26.2 Å². The molecular weight excluding hydrogens is 272 g/mol. The summed E-state index contributed by atoms with van der Waals surface area (Å²) in [4.78, 5) is 19.6. The Hall–Kier alpha value is -2.96. The minimum Gasteiger partial charge on any atom is -0.479 e. The first-order chi connectivity index (χ1) is 10.2. The highest BCUT2D eigenvalue weighted by atomic mass is 16.5. The molecule has 0 saturated carbocycles. The molecule has 0 aliphatic heterocycles. The number of fused-ring (bicyclic) bond motifs is 1. The van der Waals surface area contributed by atoms with E-state index in [9.17, 15) is 9.90 Å². The minimum absolute atomic E-state index is 0.321. The molecule has 0 saturated heterocycles. The summed E-state index contributed by atoms with van der Waals surface area (Å²) in [7, 11) is 0. The van der Waals surface area contributed by atoms with E-state index in [0.717, 1.165) is 0 Å². The van der Waals surface area contributed by atoms with E-state index in [1.807, 2.05) is 6.07 Å². The number of rotatable bonds is 4. The van der Waals surface area contributed by atoms with E-state index in [-0.39, 0.29) is 0 Å². The zero-order chi connectivity index (χ0) is 14.8. The van der Waals surface area contributed by atoms with Crippen LogP contribution in [0.1, 0.15) is 17.3 Å². The number of hydrogen-bond acceptors (Lipinski definition) is 6. The number of aryl methyl sites for hydroxylation is 1. The number of carboxylic acids is 1. The van der Waals surface area contributed by atoms with E-state index in [2.05, 4.69) is 20.4 Å². The Balaban J connectivity index is 2.03. The van der Waals surface area contributed by atoms with Crippen LogP contribution in [0.2, 0.25) is 0 Å². The number of nitrogens with one attached hydrogen (secondary N) is 1. The van der Waals surface area contributed by atoms with Crippen LogP contribution in [0.15, 0.2) is 41.2 Å². The number of anilines is 1. The molecule has 0 bridgehead atoms. The van der Waals surface area contributed by atoms with Gasteiger partial charge in [-0.2, -0.15) is 4.98 Å². The first-order valence-electron chi connectivity index (χ1n) is 6.28. The average molecular weight is 284 g/mol. The van der Waals surface area contributed by atoms with Crippen molar-refractivity contribution in [2.45, 2.75) is 13.0 Å². The van der Waals surface area contributed by atoms with Crippen molar-refractivity contribution < 1.29 is 14.4 Å². The molecule has 2 heterocycles. The van der Waals surface area contributed by atoms with Crippen molar-refractivity contribution in [1.82, 2.24) is 15.1 Å². The second-order valence-corrected chi connectivity index (χ2v) is 4.50. The summed E-state index contributed by atoms with van der Waals surface area (Å²) in [5, 5.41) is 16.7. The first-order valence-corrected chi connectivity index (χ1v) is 6.28. The maximum Gasteiger partial charge on any atom is 0.330 e. The molecule has 3 aromatic rings. The van der Waals surface area contributed by atoms with Crippen LogP contribution in [0.4, 0.5) is 5.82 Å². The fraction of sp³-hybridized carbons (Fsp3) is 0.143. The van der Waals surface area contributed by atoms with Crippen molar-refractivity contribution in [1.29, 1.82) is 0 Å². The zero-order valence-electron chi connectivity index (χ0n) is 11.1. The summed E-state index contributed by atoms with van der Waals surface area (Å²) in [6.45, 7) is 1.75. The minimum atomic E-state index is -0.998. The molecule has 3 rings (SSSR count). The second kappa shape index (κ2) is 5.20. The van der Waals surface area contributed by atoms with Crippen molar-refractivity contribution in [3.05, 3.63) is 47.9 Å². The van der Waals surface area contributed by atoms with Crippen LogP contribution < -0.4 is 5.32 Å². The van der Waals surface area contributed by atoms with Crippen LogP contribution in [-0.2, 0) is 4.79 Å². The first kappa shape index (κ1) is 13.0. The number of benzene rings is 1. The zero-order valence-corrected chi connectivity index (χ0v) is 11.1. The number of hydrogen-bond donors (Lipinski definition) is 2. The van der Waals surface area contributed by atoms with Gasteiger partial charge in [-0.15, -0.1) is 0 Å². The van der Waals surface area contributed by atoms with Crippen molar-refractivity contribution in [3.63, 3.8) is 0 Å². The van der Waals surface area contributed by atoms with Gasteiger partial charge in [0.1, 0.15) is 17.5 Å². The topological polar surface area (TPSA) is 101 Å². The lowest BCUT2D eigenvalue weighted by Crippen LogP contribution is -2.21. The second-order valence-electron chi connectivity index (χ2n) is 4.50. The van der Waals surface area contributed by atoms with Crippen LogP contribution >= 0.6 is 0 Å². The van der Waals surface area contributed by atoms with Gasteiger partial charge >= 0.3 is 5.97 Å². The quantitative estimate of drug-likeness (QED) is 0.757. The highest BCUT2D eigenvalue weighted by Crippen LogP contribution is 2.26. The molecule has 0 radical (unpaired) electrons. The predicted octanol–water partition coefficient (Wildman–Crippen LogP) is 2.16. The van der Waals surface area contributed by atoms with E-state index in [4.69, 9.17) is 4.52 Å². The molecule has 0 aliphatic carbocycles. The van der Waals surface area contributed by atoms with E-state index in [1.165, 1.54) is 6.33 Å². The Morgan fingerprint density at radius 3 is 2.76 bits per heavy atom. The third-order valence-electron chi connectivity index (χ3n) is 3.10. The molecule has 2 aromatic heterocycles. The highest BCUT2D eigenvalue weighted by molar-refractivity contribution is 5.89. The van der Waals surface area contributed by atoms with Gasteiger partial charge in [0.25, 0.3) is 5.71 Å². The van der Waals surface area contributed by atoms with Crippen molar-refractivity contribution in [2.75, 3.05) is 5.32 Å². The van der Waals surface area contributed by atoms with E-state index < -0.39 is 12.0 Å². The Labute approximate surface area is 119 Å². The Morgan fingerprint density at radius 2 is 2.05 bits per heavy atom. The molecule has 21 heavy (non-hydrogen) atoms. The summed E-state index contributed by atoms with van der Waals surface area (Å²) in [6.07, 6.45) is 1.30. The van der Waals surface area contributed by atoms with Crippen molar-refractivity contribution in [3.8, 4) is 0 Å². The Bertz CT molecular complexity index is 785. The Morgan fingerprint density at radius 1 is 1.29 bits per heavy atom.